The number of rotatable bonds is 4. The SMILES string of the molecule is COCC(=O)Nc1ccc(NC(N)=S)cc1Cl. The van der Waals surface area contributed by atoms with E-state index in [1.165, 1.54) is 7.11 Å². The molecule has 0 aliphatic carbocycles. The van der Waals surface area contributed by atoms with Crippen molar-refractivity contribution >= 4 is 46.2 Å². The van der Waals surface area contributed by atoms with Crippen molar-refractivity contribution in [2.75, 3.05) is 24.4 Å². The van der Waals surface area contributed by atoms with Crippen LogP contribution in [-0.2, 0) is 9.53 Å². The van der Waals surface area contributed by atoms with E-state index in [1.54, 1.807) is 18.2 Å². The summed E-state index contributed by atoms with van der Waals surface area (Å²) in [4.78, 5) is 11.3. The molecule has 4 N–H and O–H groups in total. The first-order chi connectivity index (χ1) is 8.02. The van der Waals surface area contributed by atoms with E-state index < -0.39 is 0 Å². The van der Waals surface area contributed by atoms with Crippen LogP contribution in [0.4, 0.5) is 11.4 Å². The number of thiocarbonyl (C=S) groups is 1. The molecule has 0 saturated carbocycles. The quantitative estimate of drug-likeness (QED) is 0.726. The molecule has 17 heavy (non-hydrogen) atoms. The van der Waals surface area contributed by atoms with E-state index in [0.29, 0.717) is 16.4 Å². The second-order valence-corrected chi connectivity index (χ2v) is 4.01. The van der Waals surface area contributed by atoms with E-state index in [1.807, 2.05) is 0 Å². The molecule has 7 heteroatoms. The van der Waals surface area contributed by atoms with E-state index in [4.69, 9.17) is 34.3 Å². The summed E-state index contributed by atoms with van der Waals surface area (Å²) in [5.41, 5.74) is 6.49. The molecular formula is C10H12ClN3O2S. The van der Waals surface area contributed by atoms with Crippen molar-refractivity contribution in [1.29, 1.82) is 0 Å². The van der Waals surface area contributed by atoms with Crippen LogP contribution >= 0.6 is 23.8 Å². The fraction of sp³-hybridized carbons (Fsp3) is 0.200. The van der Waals surface area contributed by atoms with Gasteiger partial charge in [-0.25, -0.2) is 0 Å². The maximum Gasteiger partial charge on any atom is 0.250 e. The monoisotopic (exact) mass is 273 g/mol. The number of nitrogens with one attached hydrogen (secondary N) is 2. The first kappa shape index (κ1) is 13.7. The summed E-state index contributed by atoms with van der Waals surface area (Å²) in [7, 11) is 1.44. The van der Waals surface area contributed by atoms with Gasteiger partial charge in [-0.2, -0.15) is 0 Å². The Balaban J connectivity index is 2.75. The van der Waals surface area contributed by atoms with Crippen molar-refractivity contribution in [3.8, 4) is 0 Å². The number of nitrogens with two attached hydrogens (primary N) is 1. The molecule has 0 bridgehead atoms. The molecule has 0 saturated heterocycles. The van der Waals surface area contributed by atoms with Crippen molar-refractivity contribution in [3.63, 3.8) is 0 Å². The van der Waals surface area contributed by atoms with Gasteiger partial charge in [-0.15, -0.1) is 0 Å². The minimum atomic E-state index is -0.274. The first-order valence-electron chi connectivity index (χ1n) is 4.67. The number of hydrogen-bond acceptors (Lipinski definition) is 3. The van der Waals surface area contributed by atoms with Crippen LogP contribution in [-0.4, -0.2) is 24.7 Å². The highest BCUT2D eigenvalue weighted by atomic mass is 35.5. The highest BCUT2D eigenvalue weighted by molar-refractivity contribution is 7.80. The zero-order chi connectivity index (χ0) is 12.8. The van der Waals surface area contributed by atoms with Crippen molar-refractivity contribution in [3.05, 3.63) is 23.2 Å². The standard InChI is InChI=1S/C10H12ClN3O2S/c1-16-5-9(15)14-8-3-2-6(4-7(8)11)13-10(12)17/h2-4H,5H2,1H3,(H,14,15)(H3,12,13,17). The van der Waals surface area contributed by atoms with Gasteiger partial charge in [0.2, 0.25) is 5.91 Å². The third-order valence-corrected chi connectivity index (χ3v) is 2.20. The lowest BCUT2D eigenvalue weighted by Gasteiger charge is -2.09. The fourth-order valence-corrected chi connectivity index (χ4v) is 1.50. The zero-order valence-electron chi connectivity index (χ0n) is 9.12. The van der Waals surface area contributed by atoms with Gasteiger partial charge in [0.25, 0.3) is 0 Å². The van der Waals surface area contributed by atoms with Crippen molar-refractivity contribution < 1.29 is 9.53 Å². The molecule has 0 radical (unpaired) electrons. The maximum absolute atomic E-state index is 11.3. The van der Waals surface area contributed by atoms with Gasteiger partial charge in [0.05, 0.1) is 10.7 Å². The number of methoxy groups -OCH3 is 1. The van der Waals surface area contributed by atoms with Crippen LogP contribution in [0.1, 0.15) is 0 Å². The van der Waals surface area contributed by atoms with Crippen molar-refractivity contribution in [1.82, 2.24) is 0 Å². The molecule has 1 rings (SSSR count). The summed E-state index contributed by atoms with van der Waals surface area (Å²) < 4.78 is 4.69. The molecule has 1 aromatic rings. The molecule has 0 aliphatic rings. The minimum Gasteiger partial charge on any atom is -0.376 e. The van der Waals surface area contributed by atoms with Crippen molar-refractivity contribution in [2.45, 2.75) is 0 Å². The van der Waals surface area contributed by atoms with Gasteiger partial charge in [-0.05, 0) is 30.4 Å². The number of anilines is 2. The van der Waals surface area contributed by atoms with Crippen LogP contribution in [0.25, 0.3) is 0 Å². The Morgan fingerprint density at radius 3 is 2.76 bits per heavy atom. The van der Waals surface area contributed by atoms with Gasteiger partial charge in [-0.1, -0.05) is 11.6 Å². The fourth-order valence-electron chi connectivity index (χ4n) is 1.15. The van der Waals surface area contributed by atoms with Gasteiger partial charge in [-0.3, -0.25) is 4.79 Å². The predicted molar refractivity (Wildman–Crippen MR) is 72.4 cm³/mol. The number of amides is 1. The smallest absolute Gasteiger partial charge is 0.250 e. The summed E-state index contributed by atoms with van der Waals surface area (Å²) in [6.07, 6.45) is 0. The minimum absolute atomic E-state index is 0.0246. The van der Waals surface area contributed by atoms with Crippen LogP contribution in [0.5, 0.6) is 0 Å². The lowest BCUT2D eigenvalue weighted by Crippen LogP contribution is -2.19. The predicted octanol–water partition coefficient (Wildman–Crippen LogP) is 1.58. The number of benzene rings is 1. The summed E-state index contributed by atoms with van der Waals surface area (Å²) in [6.45, 7) is -0.0246. The van der Waals surface area contributed by atoms with Crippen LogP contribution in [0.2, 0.25) is 5.02 Å². The Labute approximate surface area is 109 Å². The molecule has 1 amide bonds. The average molecular weight is 274 g/mol. The van der Waals surface area contributed by atoms with Gasteiger partial charge >= 0.3 is 0 Å². The van der Waals surface area contributed by atoms with Crippen LogP contribution in [0, 0.1) is 0 Å². The third kappa shape index (κ3) is 4.56. The van der Waals surface area contributed by atoms with E-state index in [0.717, 1.165) is 0 Å². The molecule has 1 aromatic carbocycles. The Hall–Kier alpha value is -1.37. The lowest BCUT2D eigenvalue weighted by molar-refractivity contribution is -0.119. The Morgan fingerprint density at radius 1 is 1.53 bits per heavy atom. The van der Waals surface area contributed by atoms with E-state index >= 15 is 0 Å². The van der Waals surface area contributed by atoms with Gasteiger partial charge < -0.3 is 21.1 Å². The molecule has 5 nitrogen and oxygen atoms in total. The molecule has 0 fully saturated rings. The van der Waals surface area contributed by atoms with Crippen molar-refractivity contribution in [2.24, 2.45) is 5.73 Å². The number of halogens is 1. The number of hydrogen-bond donors (Lipinski definition) is 3. The molecule has 0 spiro atoms. The molecule has 0 unspecified atom stereocenters. The Bertz CT molecular complexity index is 440. The second-order valence-electron chi connectivity index (χ2n) is 3.17. The Morgan fingerprint density at radius 2 is 2.24 bits per heavy atom. The number of carbonyl (C=O) groups excluding carboxylic acids is 1. The Kier molecular flexibility index (Phi) is 5.14. The molecule has 92 valence electrons. The van der Waals surface area contributed by atoms with Crippen LogP contribution in [0.15, 0.2) is 18.2 Å². The molecule has 0 atom stereocenters. The van der Waals surface area contributed by atoms with E-state index in [9.17, 15) is 4.79 Å². The van der Waals surface area contributed by atoms with E-state index in [-0.39, 0.29) is 17.6 Å². The molecule has 0 aromatic heterocycles. The van der Waals surface area contributed by atoms with Gasteiger partial charge in [0.1, 0.15) is 6.61 Å². The van der Waals surface area contributed by atoms with Gasteiger partial charge in [0, 0.05) is 12.8 Å². The highest BCUT2D eigenvalue weighted by Crippen LogP contribution is 2.25. The highest BCUT2D eigenvalue weighted by Gasteiger charge is 2.06. The second kappa shape index (κ2) is 6.39. The van der Waals surface area contributed by atoms with E-state index in [2.05, 4.69) is 10.6 Å². The summed E-state index contributed by atoms with van der Waals surface area (Å²) in [5, 5.41) is 5.88. The van der Waals surface area contributed by atoms with Gasteiger partial charge in [0.15, 0.2) is 5.11 Å². The largest absolute Gasteiger partial charge is 0.376 e. The molecule has 0 aliphatic heterocycles. The topological polar surface area (TPSA) is 76.4 Å². The average Bonchev–Trinajstić information content (AvgIpc) is 2.21. The zero-order valence-corrected chi connectivity index (χ0v) is 10.7. The third-order valence-electron chi connectivity index (χ3n) is 1.79. The lowest BCUT2D eigenvalue weighted by atomic mass is 10.2. The summed E-state index contributed by atoms with van der Waals surface area (Å²) in [5.74, 6) is -0.274. The van der Waals surface area contributed by atoms with Crippen LogP contribution < -0.4 is 16.4 Å². The summed E-state index contributed by atoms with van der Waals surface area (Å²) >= 11 is 10.7. The van der Waals surface area contributed by atoms with Crippen LogP contribution in [0.3, 0.4) is 0 Å². The number of carbonyl (C=O) groups is 1. The maximum atomic E-state index is 11.3. The first-order valence-corrected chi connectivity index (χ1v) is 5.46. The normalized spacial score (nSPS) is 9.76. The summed E-state index contributed by atoms with van der Waals surface area (Å²) in [6, 6.07) is 4.97. The molecule has 0 heterocycles. The molecular weight excluding hydrogens is 262 g/mol. The number of ether oxygens (including phenoxy) is 1.